The lowest BCUT2D eigenvalue weighted by atomic mass is 10.2. The molecule has 0 bridgehead atoms. The van der Waals surface area contributed by atoms with Crippen molar-refractivity contribution < 1.29 is 9.59 Å². The summed E-state index contributed by atoms with van der Waals surface area (Å²) in [5.41, 5.74) is 3.05. The molecule has 0 spiro atoms. The van der Waals surface area contributed by atoms with Crippen molar-refractivity contribution in [3.8, 4) is 12.3 Å². The van der Waals surface area contributed by atoms with E-state index in [2.05, 4.69) is 32.6 Å². The summed E-state index contributed by atoms with van der Waals surface area (Å²) in [6.45, 7) is 3.19. The number of fused-ring (bicyclic) bond motifs is 1. The lowest BCUT2D eigenvalue weighted by Crippen LogP contribution is -2.41. The molecule has 0 radical (unpaired) electrons. The summed E-state index contributed by atoms with van der Waals surface area (Å²) in [5.74, 6) is 2.98. The lowest BCUT2D eigenvalue weighted by Gasteiger charge is -2.23. The summed E-state index contributed by atoms with van der Waals surface area (Å²) in [6, 6.07) is 5.82. The Hall–Kier alpha value is -3.01. The van der Waals surface area contributed by atoms with Gasteiger partial charge in [-0.3, -0.25) is 4.79 Å². The molecule has 1 aromatic carbocycles. The SMILES string of the molecule is C#CCNC(=O)CCNC(=O)N1CCC[C@@H]1c1nc2ccc(C)cc2[nH]1. The number of carbonyl (C=O) groups excluding carboxylic acids is 2. The zero-order valence-corrected chi connectivity index (χ0v) is 14.8. The molecule has 0 saturated carbocycles. The van der Waals surface area contributed by atoms with Crippen molar-refractivity contribution >= 4 is 23.0 Å². The fourth-order valence-electron chi connectivity index (χ4n) is 3.22. The van der Waals surface area contributed by atoms with Gasteiger partial charge in [0.2, 0.25) is 5.91 Å². The highest BCUT2D eigenvalue weighted by molar-refractivity contribution is 5.79. The first-order valence-electron chi connectivity index (χ1n) is 8.79. The first kappa shape index (κ1) is 17.8. The van der Waals surface area contributed by atoms with Crippen LogP contribution in [-0.4, -0.2) is 46.4 Å². The van der Waals surface area contributed by atoms with Crippen molar-refractivity contribution in [3.05, 3.63) is 29.6 Å². The molecule has 1 saturated heterocycles. The third-order valence-corrected chi connectivity index (χ3v) is 4.50. The Morgan fingerprint density at radius 1 is 1.42 bits per heavy atom. The van der Waals surface area contributed by atoms with E-state index in [9.17, 15) is 9.59 Å². The van der Waals surface area contributed by atoms with Crippen molar-refractivity contribution in [1.82, 2.24) is 25.5 Å². The fourth-order valence-corrected chi connectivity index (χ4v) is 3.22. The molecule has 1 aliphatic rings. The number of imidazole rings is 1. The topological polar surface area (TPSA) is 90.1 Å². The second-order valence-corrected chi connectivity index (χ2v) is 6.46. The molecule has 3 amide bonds. The number of terminal acetylenes is 1. The van der Waals surface area contributed by atoms with Crippen LogP contribution in [0.4, 0.5) is 4.79 Å². The first-order valence-corrected chi connectivity index (χ1v) is 8.79. The summed E-state index contributed by atoms with van der Waals surface area (Å²) in [4.78, 5) is 33.8. The average molecular weight is 353 g/mol. The molecule has 1 aliphatic heterocycles. The molecule has 3 N–H and O–H groups in total. The summed E-state index contributed by atoms with van der Waals surface area (Å²) in [5, 5.41) is 5.38. The normalized spacial score (nSPS) is 16.5. The number of amides is 3. The number of hydrogen-bond donors (Lipinski definition) is 3. The number of hydrogen-bond acceptors (Lipinski definition) is 3. The lowest BCUT2D eigenvalue weighted by molar-refractivity contribution is -0.120. The van der Waals surface area contributed by atoms with Gasteiger partial charge in [-0.1, -0.05) is 12.0 Å². The van der Waals surface area contributed by atoms with E-state index in [0.717, 1.165) is 35.3 Å². The molecule has 1 atom stereocenters. The van der Waals surface area contributed by atoms with E-state index >= 15 is 0 Å². The number of aromatic amines is 1. The maximum absolute atomic E-state index is 12.5. The predicted molar refractivity (Wildman–Crippen MR) is 99.4 cm³/mol. The van der Waals surface area contributed by atoms with Crippen LogP contribution in [0.3, 0.4) is 0 Å². The van der Waals surface area contributed by atoms with Crippen LogP contribution < -0.4 is 10.6 Å². The minimum atomic E-state index is -0.172. The summed E-state index contributed by atoms with van der Waals surface area (Å²) in [6.07, 6.45) is 7.09. The van der Waals surface area contributed by atoms with Gasteiger partial charge in [0.25, 0.3) is 0 Å². The average Bonchev–Trinajstić information content (AvgIpc) is 3.25. The minimum absolute atomic E-state index is 0.0713. The zero-order chi connectivity index (χ0) is 18.5. The van der Waals surface area contributed by atoms with Gasteiger partial charge in [0.15, 0.2) is 0 Å². The summed E-state index contributed by atoms with van der Waals surface area (Å²) >= 11 is 0. The van der Waals surface area contributed by atoms with Gasteiger partial charge in [-0.05, 0) is 37.5 Å². The Morgan fingerprint density at radius 3 is 3.08 bits per heavy atom. The quantitative estimate of drug-likeness (QED) is 0.717. The highest BCUT2D eigenvalue weighted by atomic mass is 16.2. The van der Waals surface area contributed by atoms with Crippen molar-refractivity contribution in [3.63, 3.8) is 0 Å². The van der Waals surface area contributed by atoms with Gasteiger partial charge in [0.05, 0.1) is 23.6 Å². The van der Waals surface area contributed by atoms with Crippen LogP contribution in [0.2, 0.25) is 0 Å². The molecule has 26 heavy (non-hydrogen) atoms. The zero-order valence-electron chi connectivity index (χ0n) is 14.8. The molecule has 1 fully saturated rings. The van der Waals surface area contributed by atoms with Crippen LogP contribution in [0.15, 0.2) is 18.2 Å². The largest absolute Gasteiger partial charge is 0.345 e. The Kier molecular flexibility index (Phi) is 5.42. The second kappa shape index (κ2) is 7.91. The molecule has 2 heterocycles. The van der Waals surface area contributed by atoms with E-state index in [4.69, 9.17) is 6.42 Å². The molecule has 7 nitrogen and oxygen atoms in total. The molecule has 1 aromatic heterocycles. The predicted octanol–water partition coefficient (Wildman–Crippen LogP) is 1.86. The van der Waals surface area contributed by atoms with Crippen molar-refractivity contribution in [1.29, 1.82) is 0 Å². The Balaban J connectivity index is 1.61. The van der Waals surface area contributed by atoms with Crippen LogP contribution in [0, 0.1) is 19.3 Å². The van der Waals surface area contributed by atoms with Crippen LogP contribution in [0.25, 0.3) is 11.0 Å². The second-order valence-electron chi connectivity index (χ2n) is 6.46. The molecular weight excluding hydrogens is 330 g/mol. The molecular formula is C19H23N5O2. The van der Waals surface area contributed by atoms with Gasteiger partial charge in [-0.15, -0.1) is 6.42 Å². The van der Waals surface area contributed by atoms with E-state index in [-0.39, 0.29) is 37.5 Å². The number of aromatic nitrogens is 2. The number of nitrogens with one attached hydrogen (secondary N) is 3. The van der Waals surface area contributed by atoms with E-state index < -0.39 is 0 Å². The van der Waals surface area contributed by atoms with Crippen molar-refractivity contribution in [2.24, 2.45) is 0 Å². The summed E-state index contributed by atoms with van der Waals surface area (Å²) in [7, 11) is 0. The van der Waals surface area contributed by atoms with E-state index in [1.165, 1.54) is 0 Å². The van der Waals surface area contributed by atoms with Gasteiger partial charge in [-0.2, -0.15) is 0 Å². The third kappa shape index (κ3) is 3.97. The number of urea groups is 1. The number of benzene rings is 1. The maximum Gasteiger partial charge on any atom is 0.318 e. The minimum Gasteiger partial charge on any atom is -0.345 e. The van der Waals surface area contributed by atoms with Crippen LogP contribution in [0.5, 0.6) is 0 Å². The van der Waals surface area contributed by atoms with E-state index in [1.54, 1.807) is 4.90 Å². The van der Waals surface area contributed by atoms with Gasteiger partial charge in [-0.25, -0.2) is 9.78 Å². The molecule has 136 valence electrons. The number of carbonyl (C=O) groups is 2. The van der Waals surface area contributed by atoms with Gasteiger partial charge in [0.1, 0.15) is 5.82 Å². The fraction of sp³-hybridized carbons (Fsp3) is 0.421. The van der Waals surface area contributed by atoms with Crippen LogP contribution in [-0.2, 0) is 4.79 Å². The van der Waals surface area contributed by atoms with Crippen molar-refractivity contribution in [2.45, 2.75) is 32.2 Å². The molecule has 7 heteroatoms. The Morgan fingerprint density at radius 2 is 2.27 bits per heavy atom. The van der Waals surface area contributed by atoms with Crippen LogP contribution in [0.1, 0.15) is 36.7 Å². The first-order chi connectivity index (χ1) is 12.6. The summed E-state index contributed by atoms with van der Waals surface area (Å²) < 4.78 is 0. The number of nitrogens with zero attached hydrogens (tertiary/aromatic N) is 2. The number of likely N-dealkylation sites (tertiary alicyclic amines) is 1. The van der Waals surface area contributed by atoms with Gasteiger partial charge < -0.3 is 20.5 Å². The van der Waals surface area contributed by atoms with Crippen molar-refractivity contribution in [2.75, 3.05) is 19.6 Å². The maximum atomic E-state index is 12.5. The van der Waals surface area contributed by atoms with E-state index in [0.29, 0.717) is 6.54 Å². The van der Waals surface area contributed by atoms with Gasteiger partial charge >= 0.3 is 6.03 Å². The highest BCUT2D eigenvalue weighted by Gasteiger charge is 2.32. The number of H-pyrrole nitrogens is 1. The van der Waals surface area contributed by atoms with Crippen LogP contribution >= 0.6 is 0 Å². The number of rotatable bonds is 5. The van der Waals surface area contributed by atoms with Gasteiger partial charge in [0, 0.05) is 19.5 Å². The monoisotopic (exact) mass is 353 g/mol. The molecule has 3 rings (SSSR count). The highest BCUT2D eigenvalue weighted by Crippen LogP contribution is 2.31. The Bertz CT molecular complexity index is 851. The molecule has 0 unspecified atom stereocenters. The Labute approximate surface area is 152 Å². The standard InChI is InChI=1S/C19H23N5O2/c1-3-9-20-17(25)8-10-21-19(26)24-11-4-5-16(24)18-22-14-7-6-13(2)12-15(14)23-18/h1,6-7,12,16H,4-5,8-11H2,2H3,(H,20,25)(H,21,26)(H,22,23)/t16-/m1/s1. The van der Waals surface area contributed by atoms with E-state index in [1.807, 2.05) is 19.1 Å². The molecule has 0 aliphatic carbocycles. The molecule has 2 aromatic rings. The number of aryl methyl sites for hydroxylation is 1. The smallest absolute Gasteiger partial charge is 0.318 e. The third-order valence-electron chi connectivity index (χ3n) is 4.50.